The van der Waals surface area contributed by atoms with Gasteiger partial charge in [-0.2, -0.15) is 0 Å². The molecule has 0 aromatic heterocycles. The Morgan fingerprint density at radius 1 is 1.32 bits per heavy atom. The van der Waals surface area contributed by atoms with Crippen LogP contribution in [0.4, 0.5) is 10.5 Å². The number of hydrogen-bond acceptors (Lipinski definition) is 6. The minimum Gasteiger partial charge on any atom is -0.381 e. The van der Waals surface area contributed by atoms with Crippen LogP contribution in [0.25, 0.3) is 0 Å². The number of amides is 2. The molecule has 0 aliphatic carbocycles. The number of nitrogens with one attached hydrogen (secondary N) is 2. The Morgan fingerprint density at radius 3 is 2.79 bits per heavy atom. The SMILES string of the molecule is CC(NC(=O)NCC(C1CCOC1)N1CCOCC1)c1cccc([N+](=O)[O-])c1. The molecule has 0 saturated carbocycles. The van der Waals surface area contributed by atoms with Crippen molar-refractivity contribution >= 4 is 11.7 Å². The molecule has 2 aliphatic heterocycles. The molecule has 9 heteroatoms. The number of hydrogen-bond donors (Lipinski definition) is 2. The molecular formula is C19H28N4O5. The van der Waals surface area contributed by atoms with Gasteiger partial charge in [-0.1, -0.05) is 12.1 Å². The second kappa shape index (κ2) is 9.81. The van der Waals surface area contributed by atoms with Gasteiger partial charge in [0.2, 0.25) is 0 Å². The minimum atomic E-state index is -0.438. The molecule has 2 N–H and O–H groups in total. The molecule has 2 aliphatic rings. The van der Waals surface area contributed by atoms with Crippen LogP contribution < -0.4 is 10.6 Å². The average Bonchev–Trinajstić information content (AvgIpc) is 3.23. The van der Waals surface area contributed by atoms with E-state index < -0.39 is 4.92 Å². The van der Waals surface area contributed by atoms with Crippen molar-refractivity contribution in [1.29, 1.82) is 0 Å². The number of urea groups is 1. The first kappa shape index (κ1) is 20.5. The first-order chi connectivity index (χ1) is 13.5. The third-order valence-corrected chi connectivity index (χ3v) is 5.42. The van der Waals surface area contributed by atoms with E-state index in [1.165, 1.54) is 12.1 Å². The van der Waals surface area contributed by atoms with Crippen LogP contribution >= 0.6 is 0 Å². The predicted molar refractivity (Wildman–Crippen MR) is 103 cm³/mol. The Morgan fingerprint density at radius 2 is 2.11 bits per heavy atom. The Kier molecular flexibility index (Phi) is 7.18. The second-order valence-corrected chi connectivity index (χ2v) is 7.27. The van der Waals surface area contributed by atoms with Gasteiger partial charge in [-0.25, -0.2) is 4.79 Å². The summed E-state index contributed by atoms with van der Waals surface area (Å²) < 4.78 is 11.0. The number of morpholine rings is 1. The molecule has 1 aromatic rings. The molecule has 1 aromatic carbocycles. The number of carbonyl (C=O) groups excluding carboxylic acids is 1. The van der Waals surface area contributed by atoms with Crippen molar-refractivity contribution in [3.63, 3.8) is 0 Å². The van der Waals surface area contributed by atoms with E-state index in [0.717, 1.165) is 32.7 Å². The van der Waals surface area contributed by atoms with E-state index in [-0.39, 0.29) is 23.8 Å². The summed E-state index contributed by atoms with van der Waals surface area (Å²) in [4.78, 5) is 25.3. The number of carbonyl (C=O) groups is 1. The summed E-state index contributed by atoms with van der Waals surface area (Å²) in [6.45, 7) is 6.95. The van der Waals surface area contributed by atoms with Crippen LogP contribution in [0.15, 0.2) is 24.3 Å². The molecular weight excluding hydrogens is 364 g/mol. The van der Waals surface area contributed by atoms with Crippen molar-refractivity contribution < 1.29 is 19.2 Å². The van der Waals surface area contributed by atoms with Gasteiger partial charge in [0.05, 0.1) is 30.8 Å². The van der Waals surface area contributed by atoms with Crippen LogP contribution in [-0.4, -0.2) is 68.0 Å². The highest BCUT2D eigenvalue weighted by molar-refractivity contribution is 5.74. The zero-order valence-corrected chi connectivity index (χ0v) is 16.1. The van der Waals surface area contributed by atoms with Crippen LogP contribution in [0.5, 0.6) is 0 Å². The number of nitro benzene ring substituents is 1. The monoisotopic (exact) mass is 392 g/mol. The number of nitro groups is 1. The van der Waals surface area contributed by atoms with Gasteiger partial charge in [-0.05, 0) is 18.9 Å². The number of ether oxygens (including phenoxy) is 2. The third-order valence-electron chi connectivity index (χ3n) is 5.42. The quantitative estimate of drug-likeness (QED) is 0.540. The van der Waals surface area contributed by atoms with E-state index in [9.17, 15) is 14.9 Å². The lowest BCUT2D eigenvalue weighted by Crippen LogP contribution is -2.53. The minimum absolute atomic E-state index is 0.0140. The van der Waals surface area contributed by atoms with Gasteiger partial charge < -0.3 is 20.1 Å². The number of benzene rings is 1. The van der Waals surface area contributed by atoms with E-state index >= 15 is 0 Å². The first-order valence-electron chi connectivity index (χ1n) is 9.73. The predicted octanol–water partition coefficient (Wildman–Crippen LogP) is 1.69. The lowest BCUT2D eigenvalue weighted by atomic mass is 9.97. The topological polar surface area (TPSA) is 106 Å². The summed E-state index contributed by atoms with van der Waals surface area (Å²) in [5, 5.41) is 16.8. The maximum Gasteiger partial charge on any atom is 0.315 e. The van der Waals surface area contributed by atoms with Crippen molar-refractivity contribution in [3.8, 4) is 0 Å². The Labute approximate surface area is 164 Å². The van der Waals surface area contributed by atoms with E-state index in [1.807, 2.05) is 6.92 Å². The second-order valence-electron chi connectivity index (χ2n) is 7.27. The molecule has 0 bridgehead atoms. The van der Waals surface area contributed by atoms with Crippen molar-refractivity contribution in [3.05, 3.63) is 39.9 Å². The number of non-ortho nitro benzene ring substituents is 1. The summed E-state index contributed by atoms with van der Waals surface area (Å²) in [6, 6.07) is 5.91. The highest BCUT2D eigenvalue weighted by atomic mass is 16.6. The van der Waals surface area contributed by atoms with Crippen LogP contribution in [0.1, 0.15) is 24.9 Å². The number of rotatable bonds is 7. The van der Waals surface area contributed by atoms with Gasteiger partial charge in [0, 0.05) is 50.3 Å². The van der Waals surface area contributed by atoms with Gasteiger partial charge in [-0.15, -0.1) is 0 Å². The molecule has 2 heterocycles. The highest BCUT2D eigenvalue weighted by Gasteiger charge is 2.31. The lowest BCUT2D eigenvalue weighted by molar-refractivity contribution is -0.384. The average molecular weight is 392 g/mol. The zero-order valence-electron chi connectivity index (χ0n) is 16.1. The molecule has 3 atom stereocenters. The van der Waals surface area contributed by atoms with Crippen LogP contribution in [0.3, 0.4) is 0 Å². The van der Waals surface area contributed by atoms with E-state index in [1.54, 1.807) is 12.1 Å². The summed E-state index contributed by atoms with van der Waals surface area (Å²) in [5.74, 6) is 0.396. The van der Waals surface area contributed by atoms with Gasteiger partial charge in [0.15, 0.2) is 0 Å². The molecule has 2 amide bonds. The molecule has 3 rings (SSSR count). The van der Waals surface area contributed by atoms with Gasteiger partial charge in [0.1, 0.15) is 0 Å². The molecule has 0 radical (unpaired) electrons. The highest BCUT2D eigenvalue weighted by Crippen LogP contribution is 2.22. The number of nitrogens with zero attached hydrogens (tertiary/aromatic N) is 2. The molecule has 9 nitrogen and oxygen atoms in total. The Bertz CT molecular complexity index is 674. The van der Waals surface area contributed by atoms with Crippen LogP contribution in [0, 0.1) is 16.0 Å². The van der Waals surface area contributed by atoms with E-state index in [4.69, 9.17) is 9.47 Å². The maximum atomic E-state index is 12.4. The Hall–Kier alpha value is -2.23. The van der Waals surface area contributed by atoms with E-state index in [2.05, 4.69) is 15.5 Å². The van der Waals surface area contributed by atoms with Crippen molar-refractivity contribution in [2.24, 2.45) is 5.92 Å². The zero-order chi connectivity index (χ0) is 19.9. The molecule has 2 fully saturated rings. The summed E-state index contributed by atoms with van der Waals surface area (Å²) in [7, 11) is 0. The maximum absolute atomic E-state index is 12.4. The fourth-order valence-corrected chi connectivity index (χ4v) is 3.80. The summed E-state index contributed by atoms with van der Waals surface area (Å²) in [6.07, 6.45) is 0.995. The molecule has 154 valence electrons. The summed E-state index contributed by atoms with van der Waals surface area (Å²) in [5.41, 5.74) is 0.707. The van der Waals surface area contributed by atoms with Gasteiger partial charge in [0.25, 0.3) is 5.69 Å². The molecule has 28 heavy (non-hydrogen) atoms. The fourth-order valence-electron chi connectivity index (χ4n) is 3.80. The van der Waals surface area contributed by atoms with Crippen molar-refractivity contribution in [2.75, 3.05) is 46.1 Å². The van der Waals surface area contributed by atoms with Crippen LogP contribution in [0.2, 0.25) is 0 Å². The third kappa shape index (κ3) is 5.40. The summed E-state index contributed by atoms with van der Waals surface area (Å²) >= 11 is 0. The van der Waals surface area contributed by atoms with Gasteiger partial charge >= 0.3 is 6.03 Å². The molecule has 2 saturated heterocycles. The lowest BCUT2D eigenvalue weighted by Gasteiger charge is -2.37. The van der Waals surface area contributed by atoms with Gasteiger partial charge in [-0.3, -0.25) is 15.0 Å². The molecule has 3 unspecified atom stereocenters. The fraction of sp³-hybridized carbons (Fsp3) is 0.632. The van der Waals surface area contributed by atoms with Crippen molar-refractivity contribution in [1.82, 2.24) is 15.5 Å². The molecule has 0 spiro atoms. The Balaban J connectivity index is 1.55. The standard InChI is InChI=1S/C19H28N4O5/c1-14(15-3-2-4-17(11-15)23(25)26)21-19(24)20-12-18(16-5-8-28-13-16)22-6-9-27-10-7-22/h2-4,11,14,16,18H,5-10,12-13H2,1H3,(H2,20,21,24). The van der Waals surface area contributed by atoms with E-state index in [0.29, 0.717) is 31.2 Å². The van der Waals surface area contributed by atoms with Crippen LogP contribution in [-0.2, 0) is 9.47 Å². The normalized spacial score (nSPS) is 22.4. The smallest absolute Gasteiger partial charge is 0.315 e. The largest absolute Gasteiger partial charge is 0.381 e. The first-order valence-corrected chi connectivity index (χ1v) is 9.73. The van der Waals surface area contributed by atoms with Crippen molar-refractivity contribution in [2.45, 2.75) is 25.4 Å².